The van der Waals surface area contributed by atoms with E-state index >= 15 is 0 Å². The molecule has 90 valence electrons. The van der Waals surface area contributed by atoms with Gasteiger partial charge in [-0.15, -0.1) is 0 Å². The summed E-state index contributed by atoms with van der Waals surface area (Å²) in [7, 11) is 0. The summed E-state index contributed by atoms with van der Waals surface area (Å²) in [4.78, 5) is 11.2. The molecule has 0 radical (unpaired) electrons. The molecule has 2 heteroatoms. The fourth-order valence-corrected chi connectivity index (χ4v) is 0.673. The van der Waals surface area contributed by atoms with Crippen LogP contribution in [0.5, 0.6) is 0 Å². The normalized spacial score (nSPS) is 12.3. The molecule has 0 aliphatic rings. The molecule has 0 rings (SSSR count). The van der Waals surface area contributed by atoms with Gasteiger partial charge in [-0.05, 0) is 19.8 Å². The summed E-state index contributed by atoms with van der Waals surface area (Å²) in [6, 6.07) is 0.316. The number of nitrogens with one attached hydrogen (secondary N) is 1. The molecule has 2 atom stereocenters. The molecule has 0 aliphatic heterocycles. The van der Waals surface area contributed by atoms with Crippen molar-refractivity contribution in [3.05, 3.63) is 0 Å². The average Bonchev–Trinajstić information content (AvgIpc) is 2.02. The van der Waals surface area contributed by atoms with Crippen molar-refractivity contribution in [2.24, 2.45) is 5.92 Å². The standard InChI is InChI=1S/C9H19NO.3CH4/c1-5-7(3)9(11)10-8(4)6-2;;;/h7-8H,5-6H2,1-4H3,(H,10,11);3*1H4. The van der Waals surface area contributed by atoms with E-state index in [9.17, 15) is 4.79 Å². The van der Waals surface area contributed by atoms with E-state index in [0.29, 0.717) is 6.04 Å². The molecule has 1 amide bonds. The Bertz CT molecular complexity index is 123. The van der Waals surface area contributed by atoms with Crippen LogP contribution in [-0.2, 0) is 4.79 Å². The lowest BCUT2D eigenvalue weighted by molar-refractivity contribution is -0.125. The highest BCUT2D eigenvalue weighted by Crippen LogP contribution is 2.01. The van der Waals surface area contributed by atoms with Crippen LogP contribution in [0.4, 0.5) is 0 Å². The number of hydrogen-bond acceptors (Lipinski definition) is 1. The largest absolute Gasteiger partial charge is 0.353 e. The van der Waals surface area contributed by atoms with E-state index in [4.69, 9.17) is 0 Å². The van der Waals surface area contributed by atoms with Crippen LogP contribution < -0.4 is 5.32 Å². The zero-order chi connectivity index (χ0) is 8.85. The third-order valence-corrected chi connectivity index (χ3v) is 2.06. The maximum absolute atomic E-state index is 11.2. The molecule has 0 bridgehead atoms. The van der Waals surface area contributed by atoms with Gasteiger partial charge in [0, 0.05) is 12.0 Å². The van der Waals surface area contributed by atoms with Crippen molar-refractivity contribution < 1.29 is 4.79 Å². The minimum Gasteiger partial charge on any atom is -0.353 e. The number of hydrogen-bond donors (Lipinski definition) is 1. The van der Waals surface area contributed by atoms with Crippen LogP contribution in [0, 0.1) is 5.92 Å². The van der Waals surface area contributed by atoms with E-state index in [1.165, 1.54) is 0 Å². The summed E-state index contributed by atoms with van der Waals surface area (Å²) in [5.41, 5.74) is 0. The second-order valence-corrected chi connectivity index (χ2v) is 3.13. The van der Waals surface area contributed by atoms with Crippen molar-refractivity contribution in [2.45, 2.75) is 68.9 Å². The zero-order valence-corrected chi connectivity index (χ0v) is 7.98. The maximum atomic E-state index is 11.2. The second kappa shape index (κ2) is 12.5. The van der Waals surface area contributed by atoms with Gasteiger partial charge in [0.2, 0.25) is 5.91 Å². The summed E-state index contributed by atoms with van der Waals surface area (Å²) in [6.45, 7) is 8.08. The van der Waals surface area contributed by atoms with E-state index < -0.39 is 0 Å². The molecule has 0 spiro atoms. The Morgan fingerprint density at radius 2 is 1.50 bits per heavy atom. The third-order valence-electron chi connectivity index (χ3n) is 2.06. The number of amides is 1. The van der Waals surface area contributed by atoms with Crippen LogP contribution >= 0.6 is 0 Å². The van der Waals surface area contributed by atoms with Gasteiger partial charge in [0.05, 0.1) is 0 Å². The molecule has 14 heavy (non-hydrogen) atoms. The Labute approximate surface area is 91.5 Å². The summed E-state index contributed by atoms with van der Waals surface area (Å²) < 4.78 is 0. The van der Waals surface area contributed by atoms with E-state index in [1.54, 1.807) is 0 Å². The van der Waals surface area contributed by atoms with Crippen molar-refractivity contribution in [3.8, 4) is 0 Å². The van der Waals surface area contributed by atoms with Crippen molar-refractivity contribution in [3.63, 3.8) is 0 Å². The van der Waals surface area contributed by atoms with Crippen molar-refractivity contribution in [1.29, 1.82) is 0 Å². The fourth-order valence-electron chi connectivity index (χ4n) is 0.673. The predicted octanol–water partition coefficient (Wildman–Crippen LogP) is 3.86. The van der Waals surface area contributed by atoms with Gasteiger partial charge in [0.25, 0.3) is 0 Å². The van der Waals surface area contributed by atoms with Crippen molar-refractivity contribution in [1.82, 2.24) is 5.32 Å². The first-order valence-corrected chi connectivity index (χ1v) is 4.42. The second-order valence-electron chi connectivity index (χ2n) is 3.13. The van der Waals surface area contributed by atoms with Crippen LogP contribution in [-0.4, -0.2) is 11.9 Å². The summed E-state index contributed by atoms with van der Waals surface area (Å²) in [5, 5.41) is 2.94. The first-order valence-electron chi connectivity index (χ1n) is 4.42. The van der Waals surface area contributed by atoms with Gasteiger partial charge in [0.1, 0.15) is 0 Å². The highest BCUT2D eigenvalue weighted by molar-refractivity contribution is 5.78. The summed E-state index contributed by atoms with van der Waals surface area (Å²) in [6.07, 6.45) is 1.92. The lowest BCUT2D eigenvalue weighted by Gasteiger charge is -2.14. The van der Waals surface area contributed by atoms with E-state index in [0.717, 1.165) is 12.8 Å². The maximum Gasteiger partial charge on any atom is 0.223 e. The van der Waals surface area contributed by atoms with Gasteiger partial charge in [-0.25, -0.2) is 0 Å². The van der Waals surface area contributed by atoms with Crippen LogP contribution in [0.1, 0.15) is 62.8 Å². The van der Waals surface area contributed by atoms with Crippen LogP contribution in [0.3, 0.4) is 0 Å². The van der Waals surface area contributed by atoms with Crippen molar-refractivity contribution in [2.75, 3.05) is 0 Å². The number of carbonyl (C=O) groups excluding carboxylic acids is 1. The average molecular weight is 205 g/mol. The van der Waals surface area contributed by atoms with E-state index in [-0.39, 0.29) is 34.1 Å². The molecular formula is C12H31NO. The Hall–Kier alpha value is -0.530. The van der Waals surface area contributed by atoms with Gasteiger partial charge in [-0.2, -0.15) is 0 Å². The fraction of sp³-hybridized carbons (Fsp3) is 0.917. The monoisotopic (exact) mass is 205 g/mol. The smallest absolute Gasteiger partial charge is 0.223 e. The molecule has 0 saturated heterocycles. The number of carbonyl (C=O) groups is 1. The molecule has 0 aromatic heterocycles. The molecule has 1 N–H and O–H groups in total. The Morgan fingerprint density at radius 1 is 1.07 bits per heavy atom. The quantitative estimate of drug-likeness (QED) is 0.742. The summed E-state index contributed by atoms with van der Waals surface area (Å²) >= 11 is 0. The molecule has 0 aromatic carbocycles. The highest BCUT2D eigenvalue weighted by atomic mass is 16.1. The molecule has 0 aromatic rings. The predicted molar refractivity (Wildman–Crippen MR) is 67.5 cm³/mol. The van der Waals surface area contributed by atoms with Crippen LogP contribution in [0.25, 0.3) is 0 Å². The molecule has 2 unspecified atom stereocenters. The molecule has 0 heterocycles. The SMILES string of the molecule is C.C.C.CCC(C)NC(=O)C(C)CC. The molecule has 0 fully saturated rings. The Balaban J connectivity index is -0.000000167. The van der Waals surface area contributed by atoms with Gasteiger partial charge in [-0.1, -0.05) is 43.1 Å². The molecule has 2 nitrogen and oxygen atoms in total. The van der Waals surface area contributed by atoms with Crippen LogP contribution in [0.2, 0.25) is 0 Å². The summed E-state index contributed by atoms with van der Waals surface area (Å²) in [5.74, 6) is 0.339. The first kappa shape index (κ1) is 23.4. The van der Waals surface area contributed by atoms with Crippen molar-refractivity contribution >= 4 is 5.91 Å². The highest BCUT2D eigenvalue weighted by Gasteiger charge is 2.11. The molecule has 0 saturated carbocycles. The minimum absolute atomic E-state index is 0. The van der Waals surface area contributed by atoms with Gasteiger partial charge >= 0.3 is 0 Å². The van der Waals surface area contributed by atoms with Crippen LogP contribution in [0.15, 0.2) is 0 Å². The Kier molecular flexibility index (Phi) is 20.8. The lowest BCUT2D eigenvalue weighted by Crippen LogP contribution is -2.35. The first-order chi connectivity index (χ1) is 5.11. The Morgan fingerprint density at radius 3 is 1.79 bits per heavy atom. The van der Waals surface area contributed by atoms with E-state index in [1.807, 2.05) is 20.8 Å². The molecular weight excluding hydrogens is 174 g/mol. The third kappa shape index (κ3) is 9.56. The van der Waals surface area contributed by atoms with Gasteiger partial charge in [0.15, 0.2) is 0 Å². The number of rotatable bonds is 4. The van der Waals surface area contributed by atoms with E-state index in [2.05, 4.69) is 12.2 Å². The van der Waals surface area contributed by atoms with Gasteiger partial charge in [-0.3, -0.25) is 4.79 Å². The zero-order valence-electron chi connectivity index (χ0n) is 7.98. The van der Waals surface area contributed by atoms with Gasteiger partial charge < -0.3 is 5.32 Å². The lowest BCUT2D eigenvalue weighted by atomic mass is 10.1. The molecule has 0 aliphatic carbocycles. The minimum atomic E-state index is 0. The topological polar surface area (TPSA) is 29.1 Å².